The third-order valence-corrected chi connectivity index (χ3v) is 6.88. The number of carbonyl (C=O) groups is 1. The molecule has 1 aliphatic rings. The zero-order chi connectivity index (χ0) is 22.7. The minimum absolute atomic E-state index is 0.133. The van der Waals surface area contributed by atoms with Crippen molar-refractivity contribution in [3.8, 4) is 11.5 Å². The van der Waals surface area contributed by atoms with E-state index in [2.05, 4.69) is 5.32 Å². The number of aryl methyl sites for hydroxylation is 1. The summed E-state index contributed by atoms with van der Waals surface area (Å²) in [6, 6.07) is 21.2. The number of nitrogens with one attached hydrogen (secondary N) is 1. The molecule has 0 radical (unpaired) electrons. The van der Waals surface area contributed by atoms with Crippen molar-refractivity contribution in [2.75, 3.05) is 23.3 Å². The summed E-state index contributed by atoms with van der Waals surface area (Å²) in [5, 5.41) is 2.81. The fraction of sp³-hybridized carbons (Fsp3) is 0.208. The van der Waals surface area contributed by atoms with Crippen molar-refractivity contribution in [3.63, 3.8) is 0 Å². The van der Waals surface area contributed by atoms with Crippen molar-refractivity contribution in [2.24, 2.45) is 0 Å². The summed E-state index contributed by atoms with van der Waals surface area (Å²) in [5.74, 6) is 0.214. The fourth-order valence-corrected chi connectivity index (χ4v) is 5.18. The second-order valence-corrected chi connectivity index (χ2v) is 9.43. The standard InChI is InChI=1S/C24H24N2O5S/c1-17-12-13-21(30-2)19(14-17)25-24(27)23-15-26(20-10-6-7-11-22(20)31-23)32(28,29)16-18-8-4-3-5-9-18/h3-14,23H,15-16H2,1-2H3,(H,25,27)/t23-/m1/s1. The van der Waals surface area contributed by atoms with Gasteiger partial charge in [-0.2, -0.15) is 0 Å². The first-order chi connectivity index (χ1) is 15.4. The number of amides is 1. The lowest BCUT2D eigenvalue weighted by molar-refractivity contribution is -0.122. The van der Waals surface area contributed by atoms with Gasteiger partial charge in [-0.25, -0.2) is 8.42 Å². The summed E-state index contributed by atoms with van der Waals surface area (Å²) in [6.07, 6.45) is -1.03. The Bertz CT molecular complexity index is 1230. The molecule has 3 aromatic carbocycles. The second-order valence-electron chi connectivity index (χ2n) is 7.54. The summed E-state index contributed by atoms with van der Waals surface area (Å²) in [7, 11) is -2.24. The molecule has 0 aromatic heterocycles. The van der Waals surface area contributed by atoms with E-state index in [-0.39, 0.29) is 12.3 Å². The van der Waals surface area contributed by atoms with Gasteiger partial charge in [-0.3, -0.25) is 9.10 Å². The number of anilines is 2. The lowest BCUT2D eigenvalue weighted by Crippen LogP contribution is -2.49. The number of fused-ring (bicyclic) bond motifs is 1. The molecule has 166 valence electrons. The number of sulfonamides is 1. The third-order valence-electron chi connectivity index (χ3n) is 5.17. The molecule has 1 aliphatic heterocycles. The van der Waals surface area contributed by atoms with Gasteiger partial charge < -0.3 is 14.8 Å². The number of benzene rings is 3. The number of carbonyl (C=O) groups excluding carboxylic acids is 1. The summed E-state index contributed by atoms with van der Waals surface area (Å²) in [4.78, 5) is 13.1. The van der Waals surface area contributed by atoms with Crippen LogP contribution in [-0.4, -0.2) is 34.1 Å². The van der Waals surface area contributed by atoms with Gasteiger partial charge in [0.1, 0.15) is 11.5 Å². The van der Waals surface area contributed by atoms with Gasteiger partial charge in [0.05, 0.1) is 30.8 Å². The Kier molecular flexibility index (Phi) is 6.05. The quantitative estimate of drug-likeness (QED) is 0.616. The summed E-state index contributed by atoms with van der Waals surface area (Å²) >= 11 is 0. The molecule has 4 rings (SSSR count). The Morgan fingerprint density at radius 2 is 1.81 bits per heavy atom. The van der Waals surface area contributed by atoms with Crippen LogP contribution < -0.4 is 19.1 Å². The van der Waals surface area contributed by atoms with Crippen molar-refractivity contribution < 1.29 is 22.7 Å². The lowest BCUT2D eigenvalue weighted by Gasteiger charge is -2.34. The first-order valence-corrected chi connectivity index (χ1v) is 11.7. The highest BCUT2D eigenvalue weighted by atomic mass is 32.2. The van der Waals surface area contributed by atoms with Crippen LogP contribution in [0.25, 0.3) is 0 Å². The molecule has 1 atom stereocenters. The highest BCUT2D eigenvalue weighted by molar-refractivity contribution is 7.92. The van der Waals surface area contributed by atoms with E-state index in [1.807, 2.05) is 19.1 Å². The molecule has 0 fully saturated rings. The SMILES string of the molecule is COc1ccc(C)cc1NC(=O)[C@H]1CN(S(=O)(=O)Cc2ccccc2)c2ccccc2O1. The molecule has 8 heteroatoms. The van der Waals surface area contributed by atoms with E-state index in [0.717, 1.165) is 5.56 Å². The number of ether oxygens (including phenoxy) is 2. The molecule has 32 heavy (non-hydrogen) atoms. The molecule has 7 nitrogen and oxygen atoms in total. The van der Waals surface area contributed by atoms with Crippen LogP contribution in [0.2, 0.25) is 0 Å². The predicted octanol–water partition coefficient (Wildman–Crippen LogP) is 3.74. The normalized spacial score (nSPS) is 15.4. The van der Waals surface area contributed by atoms with E-state index in [1.165, 1.54) is 11.4 Å². The number of rotatable bonds is 6. The average Bonchev–Trinajstić information content (AvgIpc) is 2.79. The summed E-state index contributed by atoms with van der Waals surface area (Å²) < 4.78 is 39.1. The van der Waals surface area contributed by atoms with Crippen LogP contribution >= 0.6 is 0 Å². The molecule has 0 saturated heterocycles. The van der Waals surface area contributed by atoms with E-state index in [4.69, 9.17) is 9.47 Å². The van der Waals surface area contributed by atoms with Crippen molar-refractivity contribution in [1.29, 1.82) is 0 Å². The van der Waals surface area contributed by atoms with Crippen LogP contribution in [0.1, 0.15) is 11.1 Å². The third kappa shape index (κ3) is 4.55. The molecule has 0 spiro atoms. The molecule has 1 amide bonds. The van der Waals surface area contributed by atoms with Crippen LogP contribution in [0.3, 0.4) is 0 Å². The maximum absolute atomic E-state index is 13.3. The molecule has 0 aliphatic carbocycles. The molecule has 3 aromatic rings. The van der Waals surface area contributed by atoms with Gasteiger partial charge in [0.15, 0.2) is 6.10 Å². The van der Waals surface area contributed by atoms with Crippen molar-refractivity contribution in [3.05, 3.63) is 83.9 Å². The van der Waals surface area contributed by atoms with Crippen LogP contribution in [0.15, 0.2) is 72.8 Å². The highest BCUT2D eigenvalue weighted by Gasteiger charge is 2.37. The van der Waals surface area contributed by atoms with Crippen LogP contribution in [-0.2, 0) is 20.6 Å². The van der Waals surface area contributed by atoms with Crippen molar-refractivity contribution >= 4 is 27.3 Å². The van der Waals surface area contributed by atoms with Gasteiger partial charge in [-0.15, -0.1) is 0 Å². The Hall–Kier alpha value is -3.52. The Morgan fingerprint density at radius 3 is 2.56 bits per heavy atom. The van der Waals surface area contributed by atoms with E-state index in [0.29, 0.717) is 28.4 Å². The molecular weight excluding hydrogens is 428 g/mol. The minimum atomic E-state index is -3.76. The van der Waals surface area contributed by atoms with Gasteiger partial charge in [-0.1, -0.05) is 48.5 Å². The molecule has 0 saturated carbocycles. The van der Waals surface area contributed by atoms with Crippen LogP contribution in [0.4, 0.5) is 11.4 Å². The Morgan fingerprint density at radius 1 is 1.09 bits per heavy atom. The van der Waals surface area contributed by atoms with Crippen molar-refractivity contribution in [2.45, 2.75) is 18.8 Å². The van der Waals surface area contributed by atoms with E-state index < -0.39 is 22.0 Å². The molecule has 1 heterocycles. The summed E-state index contributed by atoms with van der Waals surface area (Å²) in [6.45, 7) is 1.77. The van der Waals surface area contributed by atoms with Crippen LogP contribution in [0.5, 0.6) is 11.5 Å². The fourth-order valence-electron chi connectivity index (χ4n) is 3.60. The number of methoxy groups -OCH3 is 1. The Labute approximate surface area is 187 Å². The van der Waals surface area contributed by atoms with Crippen LogP contribution in [0, 0.1) is 6.92 Å². The predicted molar refractivity (Wildman–Crippen MR) is 124 cm³/mol. The zero-order valence-electron chi connectivity index (χ0n) is 17.8. The van der Waals surface area contributed by atoms with E-state index in [1.54, 1.807) is 60.7 Å². The van der Waals surface area contributed by atoms with Crippen molar-refractivity contribution in [1.82, 2.24) is 0 Å². The maximum Gasteiger partial charge on any atom is 0.267 e. The van der Waals surface area contributed by atoms with Gasteiger partial charge >= 0.3 is 0 Å². The number of nitrogens with zero attached hydrogens (tertiary/aromatic N) is 1. The molecule has 0 bridgehead atoms. The average molecular weight is 453 g/mol. The number of hydrogen-bond donors (Lipinski definition) is 1. The molecule has 0 unspecified atom stereocenters. The van der Waals surface area contributed by atoms with Gasteiger partial charge in [0, 0.05) is 0 Å². The van der Waals surface area contributed by atoms with Gasteiger partial charge in [-0.05, 0) is 42.3 Å². The number of para-hydroxylation sites is 2. The van der Waals surface area contributed by atoms with E-state index >= 15 is 0 Å². The molecular formula is C24H24N2O5S. The first-order valence-electron chi connectivity index (χ1n) is 10.1. The Balaban J connectivity index is 1.62. The van der Waals surface area contributed by atoms with Gasteiger partial charge in [0.2, 0.25) is 10.0 Å². The first kappa shape index (κ1) is 21.7. The maximum atomic E-state index is 13.3. The largest absolute Gasteiger partial charge is 0.495 e. The monoisotopic (exact) mass is 452 g/mol. The topological polar surface area (TPSA) is 84.9 Å². The second kappa shape index (κ2) is 8.92. The number of hydrogen-bond acceptors (Lipinski definition) is 5. The minimum Gasteiger partial charge on any atom is -0.495 e. The molecule has 1 N–H and O–H groups in total. The zero-order valence-corrected chi connectivity index (χ0v) is 18.6. The lowest BCUT2D eigenvalue weighted by atomic mass is 10.2. The summed E-state index contributed by atoms with van der Waals surface area (Å²) in [5.41, 5.74) is 2.53. The highest BCUT2D eigenvalue weighted by Crippen LogP contribution is 2.36. The van der Waals surface area contributed by atoms with E-state index in [9.17, 15) is 13.2 Å². The van der Waals surface area contributed by atoms with Gasteiger partial charge in [0.25, 0.3) is 5.91 Å². The smallest absolute Gasteiger partial charge is 0.267 e.